The second-order valence-electron chi connectivity index (χ2n) is 7.48. The first-order valence-electron chi connectivity index (χ1n) is 10.1. The van der Waals surface area contributed by atoms with Crippen molar-refractivity contribution in [3.05, 3.63) is 48.0 Å². The Morgan fingerprint density at radius 3 is 2.74 bits per heavy atom. The highest BCUT2D eigenvalue weighted by molar-refractivity contribution is 5.99. The number of nitrogens with zero attached hydrogens (tertiary/aromatic N) is 1. The molecular formula is C23H27NO3. The van der Waals surface area contributed by atoms with Gasteiger partial charge >= 0.3 is 5.97 Å². The minimum Gasteiger partial charge on any atom is -0.470 e. The third-order valence-electron chi connectivity index (χ3n) is 5.77. The van der Waals surface area contributed by atoms with Crippen molar-refractivity contribution in [1.29, 1.82) is 0 Å². The molecule has 2 aliphatic rings. The maximum Gasteiger partial charge on any atom is 0.318 e. The summed E-state index contributed by atoms with van der Waals surface area (Å²) in [6.07, 6.45) is 5.54. The minimum atomic E-state index is -0.356. The first-order valence-corrected chi connectivity index (χ1v) is 10.1. The highest BCUT2D eigenvalue weighted by atomic mass is 16.5. The van der Waals surface area contributed by atoms with Crippen LogP contribution in [-0.2, 0) is 14.3 Å². The minimum absolute atomic E-state index is 0.133. The van der Waals surface area contributed by atoms with E-state index in [0.29, 0.717) is 19.0 Å². The van der Waals surface area contributed by atoms with Gasteiger partial charge < -0.3 is 9.47 Å². The number of carbonyl (C=O) groups is 1. The zero-order valence-electron chi connectivity index (χ0n) is 15.9. The normalized spacial score (nSPS) is 21.5. The van der Waals surface area contributed by atoms with Gasteiger partial charge in [0.1, 0.15) is 12.0 Å². The molecular weight excluding hydrogens is 338 g/mol. The van der Waals surface area contributed by atoms with Crippen molar-refractivity contribution in [1.82, 2.24) is 0 Å². The maximum atomic E-state index is 12.7. The number of ether oxygens (including phenoxy) is 2. The molecule has 2 aromatic carbocycles. The molecule has 2 atom stereocenters. The van der Waals surface area contributed by atoms with Crippen molar-refractivity contribution in [2.45, 2.75) is 45.1 Å². The molecule has 1 aliphatic carbocycles. The van der Waals surface area contributed by atoms with Crippen LogP contribution < -0.4 is 0 Å². The summed E-state index contributed by atoms with van der Waals surface area (Å²) in [6, 6.07) is 14.6. The smallest absolute Gasteiger partial charge is 0.318 e. The third-order valence-corrected chi connectivity index (χ3v) is 5.77. The van der Waals surface area contributed by atoms with Crippen molar-refractivity contribution >= 4 is 22.6 Å². The molecule has 0 radical (unpaired) electrons. The van der Waals surface area contributed by atoms with Crippen molar-refractivity contribution in [3.63, 3.8) is 0 Å². The Hall–Kier alpha value is -2.36. The zero-order chi connectivity index (χ0) is 18.6. The number of benzene rings is 2. The van der Waals surface area contributed by atoms with Gasteiger partial charge in [0.2, 0.25) is 0 Å². The Kier molecular flexibility index (Phi) is 5.42. The molecule has 1 saturated carbocycles. The van der Waals surface area contributed by atoms with Gasteiger partial charge in [0, 0.05) is 5.56 Å². The van der Waals surface area contributed by atoms with Crippen LogP contribution in [0.3, 0.4) is 0 Å². The Balaban J connectivity index is 1.57. The summed E-state index contributed by atoms with van der Waals surface area (Å²) in [5.41, 5.74) is 1.14. The van der Waals surface area contributed by atoms with Crippen LogP contribution in [0.1, 0.15) is 50.7 Å². The Bertz CT molecular complexity index is 833. The lowest BCUT2D eigenvalue weighted by atomic mass is 9.80. The van der Waals surface area contributed by atoms with E-state index < -0.39 is 0 Å². The van der Waals surface area contributed by atoms with E-state index in [4.69, 9.17) is 9.47 Å². The van der Waals surface area contributed by atoms with Crippen LogP contribution in [0.5, 0.6) is 0 Å². The first kappa shape index (κ1) is 18.0. The molecule has 4 nitrogen and oxygen atoms in total. The zero-order valence-corrected chi connectivity index (χ0v) is 15.9. The predicted octanol–water partition coefficient (Wildman–Crippen LogP) is 5.07. The lowest BCUT2D eigenvalue weighted by Gasteiger charge is -2.28. The number of carbonyl (C=O) groups excluding carboxylic acids is 1. The van der Waals surface area contributed by atoms with Gasteiger partial charge in [-0.15, -0.1) is 0 Å². The number of hydrogen-bond donors (Lipinski definition) is 0. The number of rotatable bonds is 5. The van der Waals surface area contributed by atoms with Gasteiger partial charge in [0.15, 0.2) is 5.90 Å². The summed E-state index contributed by atoms with van der Waals surface area (Å²) in [7, 11) is 0. The molecule has 0 aromatic heterocycles. The van der Waals surface area contributed by atoms with Crippen molar-refractivity contribution in [2.75, 3.05) is 13.2 Å². The number of esters is 1. The molecule has 0 N–H and O–H groups in total. The lowest BCUT2D eigenvalue weighted by molar-refractivity contribution is -0.148. The van der Waals surface area contributed by atoms with Crippen LogP contribution in [0.4, 0.5) is 0 Å². The summed E-state index contributed by atoms with van der Waals surface area (Å²) < 4.78 is 11.7. The van der Waals surface area contributed by atoms with E-state index in [9.17, 15) is 4.79 Å². The Morgan fingerprint density at radius 2 is 1.93 bits per heavy atom. The van der Waals surface area contributed by atoms with Crippen LogP contribution >= 0.6 is 0 Å². The summed E-state index contributed by atoms with van der Waals surface area (Å²) in [4.78, 5) is 17.4. The van der Waals surface area contributed by atoms with Crippen molar-refractivity contribution in [3.8, 4) is 0 Å². The molecule has 0 saturated heterocycles. The monoisotopic (exact) mass is 365 g/mol. The summed E-state index contributed by atoms with van der Waals surface area (Å²) in [5, 5.41) is 2.38. The fourth-order valence-corrected chi connectivity index (χ4v) is 4.45. The highest BCUT2D eigenvalue weighted by Crippen LogP contribution is 2.36. The molecule has 0 amide bonds. The number of hydrogen-bond acceptors (Lipinski definition) is 4. The fourth-order valence-electron chi connectivity index (χ4n) is 4.45. The topological polar surface area (TPSA) is 47.9 Å². The average molecular weight is 365 g/mol. The number of fused-ring (bicyclic) bond motifs is 1. The number of aliphatic imine (C=N–C) groups is 1. The molecule has 27 heavy (non-hydrogen) atoms. The van der Waals surface area contributed by atoms with Gasteiger partial charge in [0.25, 0.3) is 0 Å². The molecule has 0 spiro atoms. The largest absolute Gasteiger partial charge is 0.470 e. The molecule has 2 aromatic rings. The van der Waals surface area contributed by atoms with Crippen LogP contribution in [0.15, 0.2) is 47.5 Å². The van der Waals surface area contributed by atoms with Gasteiger partial charge in [-0.05, 0) is 36.5 Å². The molecule has 1 heterocycles. The molecule has 0 bridgehead atoms. The first-order chi connectivity index (χ1) is 13.3. The fraction of sp³-hybridized carbons (Fsp3) is 0.478. The lowest BCUT2D eigenvalue weighted by Crippen LogP contribution is -2.34. The second-order valence-corrected chi connectivity index (χ2v) is 7.48. The second kappa shape index (κ2) is 8.12. The van der Waals surface area contributed by atoms with Crippen LogP contribution in [-0.4, -0.2) is 25.0 Å². The van der Waals surface area contributed by atoms with Crippen LogP contribution in [0.2, 0.25) is 0 Å². The van der Waals surface area contributed by atoms with E-state index in [1.165, 1.54) is 30.0 Å². The van der Waals surface area contributed by atoms with Gasteiger partial charge in [-0.25, -0.2) is 0 Å². The Morgan fingerprint density at radius 1 is 1.15 bits per heavy atom. The van der Waals surface area contributed by atoms with Crippen molar-refractivity contribution in [2.24, 2.45) is 16.8 Å². The highest BCUT2D eigenvalue weighted by Gasteiger charge is 2.39. The quantitative estimate of drug-likeness (QED) is 0.695. The Labute approximate surface area is 160 Å². The van der Waals surface area contributed by atoms with E-state index >= 15 is 0 Å². The molecule has 1 fully saturated rings. The van der Waals surface area contributed by atoms with E-state index in [-0.39, 0.29) is 23.9 Å². The van der Waals surface area contributed by atoms with Gasteiger partial charge in [0.05, 0.1) is 13.2 Å². The molecule has 142 valence electrons. The average Bonchev–Trinajstić information content (AvgIpc) is 3.18. The van der Waals surface area contributed by atoms with Crippen LogP contribution in [0, 0.1) is 11.8 Å². The SMILES string of the molecule is CCOC(=O)C(C1=NCC(c2cccc3ccccc23)O1)C1CCCCC1. The van der Waals surface area contributed by atoms with E-state index in [1.807, 2.05) is 19.1 Å². The van der Waals surface area contributed by atoms with E-state index in [1.54, 1.807) is 0 Å². The molecule has 4 heteroatoms. The molecule has 1 aliphatic heterocycles. The maximum absolute atomic E-state index is 12.7. The van der Waals surface area contributed by atoms with Crippen molar-refractivity contribution < 1.29 is 14.3 Å². The summed E-state index contributed by atoms with van der Waals surface area (Å²) in [5.74, 6) is 0.327. The standard InChI is InChI=1S/C23H27NO3/c1-2-26-23(25)21(17-10-4-3-5-11-17)22-24-15-20(27-22)19-14-8-12-16-9-6-7-13-18(16)19/h6-9,12-14,17,20-21H,2-5,10-11,15H2,1H3. The molecule has 4 rings (SSSR count). The van der Waals surface area contributed by atoms with Gasteiger partial charge in [-0.2, -0.15) is 0 Å². The van der Waals surface area contributed by atoms with Crippen LogP contribution in [0.25, 0.3) is 10.8 Å². The van der Waals surface area contributed by atoms with E-state index in [2.05, 4.69) is 35.3 Å². The predicted molar refractivity (Wildman–Crippen MR) is 107 cm³/mol. The third kappa shape index (κ3) is 3.71. The van der Waals surface area contributed by atoms with Gasteiger partial charge in [-0.3, -0.25) is 9.79 Å². The molecule has 2 unspecified atom stereocenters. The van der Waals surface area contributed by atoms with Gasteiger partial charge in [-0.1, -0.05) is 61.7 Å². The summed E-state index contributed by atoms with van der Waals surface area (Å²) >= 11 is 0. The summed E-state index contributed by atoms with van der Waals surface area (Å²) in [6.45, 7) is 2.81. The van der Waals surface area contributed by atoms with E-state index in [0.717, 1.165) is 18.4 Å².